The highest BCUT2D eigenvalue weighted by Gasteiger charge is 2.26. The fourth-order valence-electron chi connectivity index (χ4n) is 2.72. The fraction of sp³-hybridized carbons (Fsp3) is 0.318. The zero-order valence-electron chi connectivity index (χ0n) is 17.6. The number of carboxylic acid groups (broad SMARTS) is 1. The SMILES string of the molecule is C[Si](C)(C)CCOC(=O)C(Cc1ccc(C(=O)O)cc1)NC(=O)c1c(Cl)cccc1Cl. The number of benzene rings is 2. The molecule has 0 saturated heterocycles. The Balaban J connectivity index is 2.21. The van der Waals surface area contributed by atoms with Crippen molar-refractivity contribution in [3.8, 4) is 0 Å². The number of carbonyl (C=O) groups is 3. The molecule has 0 aromatic heterocycles. The molecule has 0 heterocycles. The van der Waals surface area contributed by atoms with Crippen LogP contribution >= 0.6 is 23.2 Å². The van der Waals surface area contributed by atoms with Crippen LogP contribution in [0.5, 0.6) is 0 Å². The second-order valence-corrected chi connectivity index (χ2v) is 14.7. The quantitative estimate of drug-likeness (QED) is 0.391. The van der Waals surface area contributed by atoms with Gasteiger partial charge in [0.15, 0.2) is 0 Å². The van der Waals surface area contributed by atoms with E-state index in [1.807, 2.05) is 0 Å². The number of ether oxygens (including phenoxy) is 1. The van der Waals surface area contributed by atoms with E-state index in [0.29, 0.717) is 5.56 Å². The first kappa shape index (κ1) is 24.9. The minimum absolute atomic E-state index is 0.0759. The summed E-state index contributed by atoms with van der Waals surface area (Å²) in [5, 5.41) is 12.1. The maximum absolute atomic E-state index is 12.8. The van der Waals surface area contributed by atoms with Gasteiger partial charge in [0.2, 0.25) is 0 Å². The van der Waals surface area contributed by atoms with Gasteiger partial charge in [0.25, 0.3) is 5.91 Å². The van der Waals surface area contributed by atoms with Crippen molar-refractivity contribution in [1.29, 1.82) is 0 Å². The Morgan fingerprint density at radius 1 is 1.03 bits per heavy atom. The van der Waals surface area contributed by atoms with Crippen LogP contribution in [-0.2, 0) is 16.0 Å². The smallest absolute Gasteiger partial charge is 0.335 e. The lowest BCUT2D eigenvalue weighted by Crippen LogP contribution is -2.44. The van der Waals surface area contributed by atoms with Gasteiger partial charge < -0.3 is 15.2 Å². The molecule has 6 nitrogen and oxygen atoms in total. The molecule has 166 valence electrons. The number of rotatable bonds is 9. The molecule has 0 aliphatic heterocycles. The van der Waals surface area contributed by atoms with Gasteiger partial charge >= 0.3 is 11.9 Å². The lowest BCUT2D eigenvalue weighted by atomic mass is 10.0. The highest BCUT2D eigenvalue weighted by atomic mass is 35.5. The number of carbonyl (C=O) groups excluding carboxylic acids is 2. The predicted molar refractivity (Wildman–Crippen MR) is 124 cm³/mol. The number of esters is 1. The van der Waals surface area contributed by atoms with E-state index in [-0.39, 0.29) is 34.2 Å². The molecule has 1 amide bonds. The molecule has 2 aromatic carbocycles. The highest BCUT2D eigenvalue weighted by Crippen LogP contribution is 2.24. The van der Waals surface area contributed by atoms with Crippen molar-refractivity contribution in [3.63, 3.8) is 0 Å². The lowest BCUT2D eigenvalue weighted by Gasteiger charge is -2.20. The Bertz CT molecular complexity index is 937. The number of carboxylic acids is 1. The fourth-order valence-corrected chi connectivity index (χ4v) is 4.00. The third-order valence-corrected chi connectivity index (χ3v) is 6.85. The van der Waals surface area contributed by atoms with Crippen LogP contribution < -0.4 is 5.32 Å². The average Bonchev–Trinajstić information content (AvgIpc) is 2.66. The first-order chi connectivity index (χ1) is 14.5. The van der Waals surface area contributed by atoms with Crippen LogP contribution in [0.3, 0.4) is 0 Å². The number of hydrogen-bond donors (Lipinski definition) is 2. The topological polar surface area (TPSA) is 92.7 Å². The Kier molecular flexibility index (Phi) is 8.67. The molecule has 2 aromatic rings. The van der Waals surface area contributed by atoms with Crippen LogP contribution in [0.1, 0.15) is 26.3 Å². The van der Waals surface area contributed by atoms with Crippen molar-refractivity contribution >= 4 is 49.1 Å². The van der Waals surface area contributed by atoms with Gasteiger partial charge in [-0.05, 0) is 35.9 Å². The minimum Gasteiger partial charge on any atom is -0.478 e. The van der Waals surface area contributed by atoms with Crippen LogP contribution in [0.4, 0.5) is 0 Å². The van der Waals surface area contributed by atoms with Gasteiger partial charge in [0.1, 0.15) is 6.04 Å². The molecular formula is C22H25Cl2NO5Si. The van der Waals surface area contributed by atoms with Crippen molar-refractivity contribution < 1.29 is 24.2 Å². The highest BCUT2D eigenvalue weighted by molar-refractivity contribution is 6.76. The molecule has 0 aliphatic rings. The molecule has 2 rings (SSSR count). The van der Waals surface area contributed by atoms with E-state index < -0.39 is 32.0 Å². The maximum atomic E-state index is 12.8. The van der Waals surface area contributed by atoms with Gasteiger partial charge in [0.05, 0.1) is 27.8 Å². The standard InChI is InChI=1S/C22H25Cl2NO5Si/c1-31(2,3)12-11-30-22(29)18(13-14-7-9-15(10-8-14)21(27)28)25-20(26)19-16(23)5-4-6-17(19)24/h4-10,18H,11-13H2,1-3H3,(H,25,26)(H,27,28). The van der Waals surface area contributed by atoms with Gasteiger partial charge in [-0.3, -0.25) is 4.79 Å². The number of aromatic carboxylic acids is 1. The van der Waals surface area contributed by atoms with Crippen molar-refractivity contribution in [3.05, 3.63) is 69.2 Å². The van der Waals surface area contributed by atoms with Crippen LogP contribution in [0.25, 0.3) is 0 Å². The minimum atomic E-state index is -1.40. The molecule has 0 saturated carbocycles. The van der Waals surface area contributed by atoms with E-state index in [1.165, 1.54) is 24.3 Å². The number of hydrogen-bond acceptors (Lipinski definition) is 4. The summed E-state index contributed by atoms with van der Waals surface area (Å²) < 4.78 is 5.43. The summed E-state index contributed by atoms with van der Waals surface area (Å²) in [5.74, 6) is -2.21. The Morgan fingerprint density at radius 2 is 1.61 bits per heavy atom. The van der Waals surface area contributed by atoms with Crippen LogP contribution in [-0.4, -0.2) is 43.7 Å². The number of amides is 1. The molecule has 0 spiro atoms. The van der Waals surface area contributed by atoms with E-state index >= 15 is 0 Å². The zero-order valence-corrected chi connectivity index (χ0v) is 20.1. The lowest BCUT2D eigenvalue weighted by molar-refractivity contribution is -0.145. The van der Waals surface area contributed by atoms with E-state index in [9.17, 15) is 14.4 Å². The van der Waals surface area contributed by atoms with Gasteiger partial charge in [-0.1, -0.05) is 61.0 Å². The first-order valence-electron chi connectivity index (χ1n) is 9.71. The summed E-state index contributed by atoms with van der Waals surface area (Å²) >= 11 is 12.2. The molecule has 0 fully saturated rings. The summed E-state index contributed by atoms with van der Waals surface area (Å²) in [5.41, 5.74) is 0.875. The van der Waals surface area contributed by atoms with Crippen molar-refractivity contribution in [2.75, 3.05) is 6.61 Å². The van der Waals surface area contributed by atoms with Crippen molar-refractivity contribution in [2.24, 2.45) is 0 Å². The Hall–Kier alpha value is -2.35. The number of halogens is 2. The summed E-state index contributed by atoms with van der Waals surface area (Å²) in [6, 6.07) is 10.6. The summed E-state index contributed by atoms with van der Waals surface area (Å²) in [4.78, 5) is 36.6. The third-order valence-electron chi connectivity index (χ3n) is 4.52. The van der Waals surface area contributed by atoms with Crippen LogP contribution in [0.2, 0.25) is 35.7 Å². The molecular weight excluding hydrogens is 457 g/mol. The van der Waals surface area contributed by atoms with Gasteiger partial charge in [-0.15, -0.1) is 0 Å². The molecule has 0 bridgehead atoms. The number of nitrogens with one attached hydrogen (secondary N) is 1. The van der Waals surface area contributed by atoms with E-state index in [4.69, 9.17) is 33.0 Å². The summed E-state index contributed by atoms with van der Waals surface area (Å²) in [6.07, 6.45) is 0.124. The summed E-state index contributed by atoms with van der Waals surface area (Å²) in [6.45, 7) is 6.78. The largest absolute Gasteiger partial charge is 0.478 e. The normalized spacial score (nSPS) is 12.2. The molecule has 1 atom stereocenters. The molecule has 0 aliphatic carbocycles. The van der Waals surface area contributed by atoms with Gasteiger partial charge in [-0.2, -0.15) is 0 Å². The summed E-state index contributed by atoms with van der Waals surface area (Å²) in [7, 11) is -1.40. The second kappa shape index (κ2) is 10.8. The molecule has 2 N–H and O–H groups in total. The molecule has 1 unspecified atom stereocenters. The van der Waals surface area contributed by atoms with Crippen LogP contribution in [0, 0.1) is 0 Å². The zero-order chi connectivity index (χ0) is 23.2. The average molecular weight is 482 g/mol. The predicted octanol–water partition coefficient (Wildman–Crippen LogP) is 4.91. The van der Waals surface area contributed by atoms with E-state index in [2.05, 4.69) is 25.0 Å². The Labute approximate surface area is 192 Å². The van der Waals surface area contributed by atoms with Crippen LogP contribution in [0.15, 0.2) is 42.5 Å². The van der Waals surface area contributed by atoms with Crippen molar-refractivity contribution in [2.45, 2.75) is 38.1 Å². The Morgan fingerprint density at radius 3 is 2.13 bits per heavy atom. The second-order valence-electron chi connectivity index (χ2n) is 8.31. The molecule has 0 radical (unpaired) electrons. The van der Waals surface area contributed by atoms with E-state index in [1.54, 1.807) is 18.2 Å². The monoisotopic (exact) mass is 481 g/mol. The third kappa shape index (κ3) is 7.68. The molecule has 9 heteroatoms. The molecule has 31 heavy (non-hydrogen) atoms. The maximum Gasteiger partial charge on any atom is 0.335 e. The van der Waals surface area contributed by atoms with Gasteiger partial charge in [-0.25, -0.2) is 9.59 Å². The van der Waals surface area contributed by atoms with Crippen molar-refractivity contribution in [1.82, 2.24) is 5.32 Å². The van der Waals surface area contributed by atoms with Gasteiger partial charge in [0, 0.05) is 14.5 Å². The van der Waals surface area contributed by atoms with E-state index in [0.717, 1.165) is 6.04 Å². The first-order valence-corrected chi connectivity index (χ1v) is 14.2.